The zero-order valence-electron chi connectivity index (χ0n) is 17.5. The van der Waals surface area contributed by atoms with E-state index in [1.165, 1.54) is 0 Å². The predicted octanol–water partition coefficient (Wildman–Crippen LogP) is 3.71. The molecule has 30 heavy (non-hydrogen) atoms. The standard InChI is InChI=1S/C25H29N3O2/c1-2-27-13-14-28(24(29)17-19-7-3-4-8-19)23(25(27)30)16-20-9-5-10-21(15-20)22-11-6-12-26-18-22/h3,5-7,9-12,15,18-19,23H,2,4,8,13-14,16-17H2,1H3/t19-,23+/m0/s1. The second-order valence-corrected chi connectivity index (χ2v) is 8.14. The van der Waals surface area contributed by atoms with Crippen LogP contribution in [0, 0.1) is 5.92 Å². The van der Waals surface area contributed by atoms with Crippen molar-refractivity contribution in [3.8, 4) is 11.1 Å². The van der Waals surface area contributed by atoms with Crippen LogP contribution in [-0.2, 0) is 16.0 Å². The van der Waals surface area contributed by atoms with E-state index in [4.69, 9.17) is 0 Å². The molecule has 2 heterocycles. The van der Waals surface area contributed by atoms with Gasteiger partial charge in [0.25, 0.3) is 0 Å². The minimum Gasteiger partial charge on any atom is -0.339 e. The Morgan fingerprint density at radius 2 is 2.03 bits per heavy atom. The lowest BCUT2D eigenvalue weighted by atomic mass is 9.96. The zero-order chi connectivity index (χ0) is 20.9. The van der Waals surface area contributed by atoms with E-state index < -0.39 is 6.04 Å². The largest absolute Gasteiger partial charge is 0.339 e. The van der Waals surface area contributed by atoms with Crippen molar-refractivity contribution in [2.75, 3.05) is 19.6 Å². The number of likely N-dealkylation sites (N-methyl/N-ethyl adjacent to an activating group) is 1. The van der Waals surface area contributed by atoms with Gasteiger partial charge in [-0.15, -0.1) is 0 Å². The Balaban J connectivity index is 1.55. The maximum atomic E-state index is 13.2. The van der Waals surface area contributed by atoms with E-state index >= 15 is 0 Å². The molecule has 0 spiro atoms. The van der Waals surface area contributed by atoms with Crippen molar-refractivity contribution in [1.29, 1.82) is 0 Å². The molecule has 2 aromatic rings. The highest BCUT2D eigenvalue weighted by Crippen LogP contribution is 2.25. The molecule has 4 rings (SSSR count). The highest BCUT2D eigenvalue weighted by atomic mass is 16.2. The zero-order valence-corrected chi connectivity index (χ0v) is 17.5. The number of piperazine rings is 1. The number of nitrogens with zero attached hydrogens (tertiary/aromatic N) is 3. The summed E-state index contributed by atoms with van der Waals surface area (Å²) in [5, 5.41) is 0. The maximum Gasteiger partial charge on any atom is 0.245 e. The number of allylic oxidation sites excluding steroid dienone is 2. The summed E-state index contributed by atoms with van der Waals surface area (Å²) in [5.74, 6) is 0.473. The number of pyridine rings is 1. The van der Waals surface area contributed by atoms with Crippen LogP contribution in [0.4, 0.5) is 0 Å². The van der Waals surface area contributed by atoms with E-state index in [0.29, 0.717) is 38.4 Å². The smallest absolute Gasteiger partial charge is 0.245 e. The summed E-state index contributed by atoms with van der Waals surface area (Å²) in [7, 11) is 0. The Morgan fingerprint density at radius 3 is 2.77 bits per heavy atom. The first-order chi connectivity index (χ1) is 14.7. The van der Waals surface area contributed by atoms with E-state index in [1.54, 1.807) is 6.20 Å². The molecule has 0 radical (unpaired) electrons. The quantitative estimate of drug-likeness (QED) is 0.691. The molecule has 0 saturated carbocycles. The van der Waals surface area contributed by atoms with Gasteiger partial charge < -0.3 is 9.80 Å². The molecule has 0 bridgehead atoms. The minimum atomic E-state index is -0.430. The third-order valence-corrected chi connectivity index (χ3v) is 6.19. The summed E-state index contributed by atoms with van der Waals surface area (Å²) in [4.78, 5) is 34.2. The molecule has 5 nitrogen and oxygen atoms in total. The van der Waals surface area contributed by atoms with Crippen LogP contribution in [-0.4, -0.2) is 52.3 Å². The number of amides is 2. The molecule has 2 aliphatic rings. The average molecular weight is 404 g/mol. The molecule has 1 aromatic carbocycles. The Kier molecular flexibility index (Phi) is 6.26. The average Bonchev–Trinajstić information content (AvgIpc) is 3.29. The number of carbonyl (C=O) groups excluding carboxylic acids is 2. The van der Waals surface area contributed by atoms with Gasteiger partial charge in [-0.2, -0.15) is 0 Å². The van der Waals surface area contributed by atoms with Gasteiger partial charge in [0, 0.05) is 44.9 Å². The van der Waals surface area contributed by atoms with Crippen LogP contribution in [0.2, 0.25) is 0 Å². The molecule has 1 fully saturated rings. The number of benzene rings is 1. The molecular weight excluding hydrogens is 374 g/mol. The highest BCUT2D eigenvalue weighted by Gasteiger charge is 2.37. The monoisotopic (exact) mass is 403 g/mol. The van der Waals surface area contributed by atoms with Crippen molar-refractivity contribution < 1.29 is 9.59 Å². The molecule has 1 aliphatic heterocycles. The third-order valence-electron chi connectivity index (χ3n) is 6.19. The summed E-state index contributed by atoms with van der Waals surface area (Å²) in [6, 6.07) is 11.7. The fraction of sp³-hybridized carbons (Fsp3) is 0.400. The SMILES string of the molecule is CCN1CCN(C(=O)C[C@H]2C=CCC2)[C@H](Cc2cccc(-c3cccnc3)c2)C1=O. The molecule has 1 saturated heterocycles. The number of carbonyl (C=O) groups is 2. The first-order valence-corrected chi connectivity index (χ1v) is 10.9. The number of rotatable bonds is 6. The van der Waals surface area contributed by atoms with Crippen LogP contribution in [0.15, 0.2) is 60.9 Å². The fourth-order valence-electron chi connectivity index (χ4n) is 4.49. The van der Waals surface area contributed by atoms with Gasteiger partial charge in [-0.25, -0.2) is 0 Å². The van der Waals surface area contributed by atoms with Crippen molar-refractivity contribution in [3.05, 3.63) is 66.5 Å². The van der Waals surface area contributed by atoms with E-state index in [0.717, 1.165) is 29.5 Å². The van der Waals surface area contributed by atoms with Crippen molar-refractivity contribution in [2.45, 2.75) is 38.6 Å². The summed E-state index contributed by atoms with van der Waals surface area (Å²) in [6.07, 6.45) is 11.0. The van der Waals surface area contributed by atoms with Gasteiger partial charge in [-0.05, 0) is 48.4 Å². The lowest BCUT2D eigenvalue weighted by Gasteiger charge is -2.41. The lowest BCUT2D eigenvalue weighted by molar-refractivity contribution is -0.151. The molecule has 2 amide bonds. The van der Waals surface area contributed by atoms with E-state index in [1.807, 2.05) is 47.2 Å². The molecule has 1 aromatic heterocycles. The first-order valence-electron chi connectivity index (χ1n) is 10.9. The van der Waals surface area contributed by atoms with Crippen LogP contribution in [0.3, 0.4) is 0 Å². The molecule has 0 N–H and O–H groups in total. The maximum absolute atomic E-state index is 13.2. The van der Waals surface area contributed by atoms with E-state index in [-0.39, 0.29) is 11.8 Å². The molecular formula is C25H29N3O2. The van der Waals surface area contributed by atoms with Gasteiger partial charge in [0.2, 0.25) is 11.8 Å². The predicted molar refractivity (Wildman–Crippen MR) is 118 cm³/mol. The van der Waals surface area contributed by atoms with E-state index in [2.05, 4.69) is 29.3 Å². The highest BCUT2D eigenvalue weighted by molar-refractivity contribution is 5.89. The van der Waals surface area contributed by atoms with Gasteiger partial charge in [0.15, 0.2) is 0 Å². The van der Waals surface area contributed by atoms with Crippen LogP contribution in [0.5, 0.6) is 0 Å². The Morgan fingerprint density at radius 1 is 1.17 bits per heavy atom. The Labute approximate surface area is 178 Å². The topological polar surface area (TPSA) is 53.5 Å². The van der Waals surface area contributed by atoms with Crippen LogP contribution >= 0.6 is 0 Å². The van der Waals surface area contributed by atoms with Crippen LogP contribution < -0.4 is 0 Å². The molecule has 156 valence electrons. The Bertz CT molecular complexity index is 925. The van der Waals surface area contributed by atoms with Crippen molar-refractivity contribution in [3.63, 3.8) is 0 Å². The normalized spacial score (nSPS) is 21.3. The molecule has 0 unspecified atom stereocenters. The van der Waals surface area contributed by atoms with Crippen molar-refractivity contribution in [2.24, 2.45) is 5.92 Å². The summed E-state index contributed by atoms with van der Waals surface area (Å²) < 4.78 is 0. The number of hydrogen-bond acceptors (Lipinski definition) is 3. The van der Waals surface area contributed by atoms with Gasteiger partial charge in [0.05, 0.1) is 0 Å². The molecule has 5 heteroatoms. The van der Waals surface area contributed by atoms with Gasteiger partial charge in [-0.3, -0.25) is 14.6 Å². The van der Waals surface area contributed by atoms with Crippen LogP contribution in [0.25, 0.3) is 11.1 Å². The Hall–Kier alpha value is -2.95. The molecule has 1 aliphatic carbocycles. The van der Waals surface area contributed by atoms with Gasteiger partial charge in [-0.1, -0.05) is 42.5 Å². The third kappa shape index (κ3) is 4.45. The second kappa shape index (κ2) is 9.24. The first kappa shape index (κ1) is 20.3. The second-order valence-electron chi connectivity index (χ2n) is 8.14. The van der Waals surface area contributed by atoms with Gasteiger partial charge >= 0.3 is 0 Å². The summed E-state index contributed by atoms with van der Waals surface area (Å²) in [5.41, 5.74) is 3.18. The lowest BCUT2D eigenvalue weighted by Crippen LogP contribution is -2.59. The number of aromatic nitrogens is 1. The van der Waals surface area contributed by atoms with Crippen molar-refractivity contribution in [1.82, 2.24) is 14.8 Å². The number of hydrogen-bond donors (Lipinski definition) is 0. The summed E-state index contributed by atoms with van der Waals surface area (Å²) >= 11 is 0. The molecule has 2 atom stereocenters. The fourth-order valence-corrected chi connectivity index (χ4v) is 4.49. The van der Waals surface area contributed by atoms with Crippen molar-refractivity contribution >= 4 is 11.8 Å². The minimum absolute atomic E-state index is 0.0610. The van der Waals surface area contributed by atoms with E-state index in [9.17, 15) is 9.59 Å². The summed E-state index contributed by atoms with van der Waals surface area (Å²) in [6.45, 7) is 3.91. The van der Waals surface area contributed by atoms with Gasteiger partial charge in [0.1, 0.15) is 6.04 Å². The van der Waals surface area contributed by atoms with Crippen LogP contribution in [0.1, 0.15) is 31.7 Å².